The van der Waals surface area contributed by atoms with Crippen LogP contribution in [0.1, 0.15) is 88.2 Å². The third kappa shape index (κ3) is 4.97. The van der Waals surface area contributed by atoms with Gasteiger partial charge in [0.2, 0.25) is 0 Å². The Balaban J connectivity index is 1.90. The zero-order chi connectivity index (χ0) is 17.2. The molecule has 25 heavy (non-hydrogen) atoms. The fraction of sp³-hybridized carbons (Fsp3) is 0.520. The molecule has 0 amide bonds. The molecule has 1 saturated carbocycles. The summed E-state index contributed by atoms with van der Waals surface area (Å²) in [6.07, 6.45) is 16.7. The molecule has 0 bridgehead atoms. The van der Waals surface area contributed by atoms with E-state index in [1.165, 1.54) is 88.2 Å². The Morgan fingerprint density at radius 3 is 1.08 bits per heavy atom. The SMILES string of the molecule is c1ccc(C2(c3ccccc3)CCCCCCCCCCCC2)cc1. The molecule has 0 aromatic heterocycles. The Morgan fingerprint density at radius 2 is 0.720 bits per heavy atom. The Kier molecular flexibility index (Phi) is 7.15. The van der Waals surface area contributed by atoms with E-state index in [2.05, 4.69) is 60.7 Å². The summed E-state index contributed by atoms with van der Waals surface area (Å²) in [5.41, 5.74) is 3.25. The topological polar surface area (TPSA) is 0 Å². The van der Waals surface area contributed by atoms with E-state index in [0.717, 1.165) is 0 Å². The van der Waals surface area contributed by atoms with Crippen molar-refractivity contribution in [3.63, 3.8) is 0 Å². The summed E-state index contributed by atoms with van der Waals surface area (Å²) in [5, 5.41) is 0. The van der Waals surface area contributed by atoms with Gasteiger partial charge in [0.05, 0.1) is 0 Å². The molecule has 1 fully saturated rings. The predicted molar refractivity (Wildman–Crippen MR) is 109 cm³/mol. The minimum atomic E-state index is 0.205. The van der Waals surface area contributed by atoms with Crippen molar-refractivity contribution >= 4 is 0 Å². The van der Waals surface area contributed by atoms with Crippen molar-refractivity contribution in [3.05, 3.63) is 71.8 Å². The second-order valence-corrected chi connectivity index (χ2v) is 7.85. The molecule has 2 aromatic rings. The first kappa shape index (κ1) is 18.2. The molecule has 1 aliphatic carbocycles. The summed E-state index contributed by atoms with van der Waals surface area (Å²) in [6, 6.07) is 22.7. The molecule has 134 valence electrons. The van der Waals surface area contributed by atoms with Gasteiger partial charge in [0.15, 0.2) is 0 Å². The molecule has 0 heterocycles. The smallest absolute Gasteiger partial charge is 0.0202 e. The maximum atomic E-state index is 2.37. The first-order valence-electron chi connectivity index (χ1n) is 10.5. The van der Waals surface area contributed by atoms with Crippen molar-refractivity contribution in [3.8, 4) is 0 Å². The van der Waals surface area contributed by atoms with Gasteiger partial charge in [0.1, 0.15) is 0 Å². The van der Waals surface area contributed by atoms with Crippen molar-refractivity contribution in [2.45, 2.75) is 82.5 Å². The van der Waals surface area contributed by atoms with E-state index in [4.69, 9.17) is 0 Å². The van der Waals surface area contributed by atoms with E-state index >= 15 is 0 Å². The average molecular weight is 335 g/mol. The standard InChI is InChI=1S/C25H34/c1-2-4-6-8-16-22-25(21-15-7-5-3-1,23-17-11-9-12-18-23)24-19-13-10-14-20-24/h9-14,17-20H,1-8,15-16,21-22H2. The Labute approximate surface area is 154 Å². The summed E-state index contributed by atoms with van der Waals surface area (Å²) in [7, 11) is 0. The van der Waals surface area contributed by atoms with Crippen LogP contribution in [-0.2, 0) is 5.41 Å². The van der Waals surface area contributed by atoms with Crippen LogP contribution in [0.15, 0.2) is 60.7 Å². The quantitative estimate of drug-likeness (QED) is 0.528. The highest BCUT2D eigenvalue weighted by molar-refractivity contribution is 5.39. The van der Waals surface area contributed by atoms with Gasteiger partial charge in [-0.05, 0) is 24.0 Å². The molecule has 0 unspecified atom stereocenters. The molecule has 0 aliphatic heterocycles. The molecule has 2 aromatic carbocycles. The van der Waals surface area contributed by atoms with Gasteiger partial charge in [-0.3, -0.25) is 0 Å². The van der Waals surface area contributed by atoms with Crippen molar-refractivity contribution in [2.24, 2.45) is 0 Å². The maximum absolute atomic E-state index is 2.37. The van der Waals surface area contributed by atoms with Crippen LogP contribution in [0.25, 0.3) is 0 Å². The van der Waals surface area contributed by atoms with Gasteiger partial charge < -0.3 is 0 Å². The van der Waals surface area contributed by atoms with E-state index in [1.807, 2.05) is 0 Å². The largest absolute Gasteiger partial charge is 0.0622 e. The summed E-state index contributed by atoms with van der Waals surface area (Å²) >= 11 is 0. The Morgan fingerprint density at radius 1 is 0.400 bits per heavy atom. The van der Waals surface area contributed by atoms with Crippen LogP contribution < -0.4 is 0 Å². The third-order valence-corrected chi connectivity index (χ3v) is 6.11. The third-order valence-electron chi connectivity index (χ3n) is 6.11. The van der Waals surface area contributed by atoms with Gasteiger partial charge in [-0.25, -0.2) is 0 Å². The highest BCUT2D eigenvalue weighted by Crippen LogP contribution is 2.42. The van der Waals surface area contributed by atoms with Crippen LogP contribution >= 0.6 is 0 Å². The van der Waals surface area contributed by atoms with E-state index in [0.29, 0.717) is 0 Å². The van der Waals surface area contributed by atoms with Gasteiger partial charge >= 0.3 is 0 Å². The molecule has 3 rings (SSSR count). The second-order valence-electron chi connectivity index (χ2n) is 7.85. The van der Waals surface area contributed by atoms with Gasteiger partial charge in [-0.15, -0.1) is 0 Å². The number of benzene rings is 2. The minimum absolute atomic E-state index is 0.205. The highest BCUT2D eigenvalue weighted by atomic mass is 14.4. The van der Waals surface area contributed by atoms with E-state index in [-0.39, 0.29) is 5.41 Å². The first-order valence-corrected chi connectivity index (χ1v) is 10.5. The summed E-state index contributed by atoms with van der Waals surface area (Å²) in [5.74, 6) is 0. The zero-order valence-corrected chi connectivity index (χ0v) is 15.8. The molecule has 0 atom stereocenters. The van der Waals surface area contributed by atoms with Crippen LogP contribution in [0.3, 0.4) is 0 Å². The van der Waals surface area contributed by atoms with Gasteiger partial charge in [0.25, 0.3) is 0 Å². The van der Waals surface area contributed by atoms with E-state index in [9.17, 15) is 0 Å². The fourth-order valence-electron chi connectivity index (χ4n) is 4.65. The Hall–Kier alpha value is -1.56. The fourth-order valence-corrected chi connectivity index (χ4v) is 4.65. The van der Waals surface area contributed by atoms with Crippen LogP contribution in [0, 0.1) is 0 Å². The monoisotopic (exact) mass is 334 g/mol. The average Bonchev–Trinajstić information content (AvgIpc) is 2.70. The van der Waals surface area contributed by atoms with Crippen LogP contribution in [0.2, 0.25) is 0 Å². The lowest BCUT2D eigenvalue weighted by atomic mass is 9.68. The van der Waals surface area contributed by atoms with Crippen molar-refractivity contribution in [2.75, 3.05) is 0 Å². The second kappa shape index (κ2) is 9.80. The van der Waals surface area contributed by atoms with Crippen molar-refractivity contribution in [1.82, 2.24) is 0 Å². The summed E-state index contributed by atoms with van der Waals surface area (Å²) < 4.78 is 0. The molecule has 0 radical (unpaired) electrons. The summed E-state index contributed by atoms with van der Waals surface area (Å²) in [4.78, 5) is 0. The highest BCUT2D eigenvalue weighted by Gasteiger charge is 2.33. The molecule has 0 N–H and O–H groups in total. The van der Waals surface area contributed by atoms with Gasteiger partial charge in [-0.2, -0.15) is 0 Å². The van der Waals surface area contributed by atoms with E-state index in [1.54, 1.807) is 0 Å². The van der Waals surface area contributed by atoms with Crippen LogP contribution in [0.5, 0.6) is 0 Å². The normalized spacial score (nSPS) is 20.0. The van der Waals surface area contributed by atoms with E-state index < -0.39 is 0 Å². The minimum Gasteiger partial charge on any atom is -0.0622 e. The lowest BCUT2D eigenvalue weighted by molar-refractivity contribution is 0.395. The molecule has 0 saturated heterocycles. The zero-order valence-electron chi connectivity index (χ0n) is 15.8. The van der Waals surface area contributed by atoms with Crippen molar-refractivity contribution in [1.29, 1.82) is 0 Å². The van der Waals surface area contributed by atoms with Crippen LogP contribution in [-0.4, -0.2) is 0 Å². The molecule has 1 aliphatic rings. The molecule has 0 nitrogen and oxygen atoms in total. The molecule has 0 heteroatoms. The van der Waals surface area contributed by atoms with Crippen molar-refractivity contribution < 1.29 is 0 Å². The number of hydrogen-bond donors (Lipinski definition) is 0. The Bertz CT molecular complexity index is 528. The summed E-state index contributed by atoms with van der Waals surface area (Å²) in [6.45, 7) is 0. The lowest BCUT2D eigenvalue weighted by Gasteiger charge is -2.36. The predicted octanol–water partition coefficient (Wildman–Crippen LogP) is 7.67. The van der Waals surface area contributed by atoms with Gasteiger partial charge in [0, 0.05) is 5.41 Å². The molecular weight excluding hydrogens is 300 g/mol. The maximum Gasteiger partial charge on any atom is 0.0202 e. The number of hydrogen-bond acceptors (Lipinski definition) is 0. The first-order chi connectivity index (χ1) is 12.4. The lowest BCUT2D eigenvalue weighted by Crippen LogP contribution is -2.28. The van der Waals surface area contributed by atoms with Gasteiger partial charge in [-0.1, -0.05) is 125 Å². The van der Waals surface area contributed by atoms with Crippen LogP contribution in [0.4, 0.5) is 0 Å². The molecular formula is C25H34. The number of rotatable bonds is 2. The molecule has 0 spiro atoms.